The first kappa shape index (κ1) is 16.5. The van der Waals surface area contributed by atoms with Crippen molar-refractivity contribution in [3.05, 3.63) is 35.4 Å². The topological polar surface area (TPSA) is 56.7 Å². The number of unbranched alkanes of at least 4 members (excludes halogenated alkanes) is 1. The largest absolute Gasteiger partial charge is 0.396 e. The fourth-order valence-corrected chi connectivity index (χ4v) is 1.71. The van der Waals surface area contributed by atoms with E-state index in [4.69, 9.17) is 5.11 Å². The predicted molar refractivity (Wildman–Crippen MR) is 84.9 cm³/mol. The van der Waals surface area contributed by atoms with Gasteiger partial charge in [-0.05, 0) is 25.3 Å². The summed E-state index contributed by atoms with van der Waals surface area (Å²) in [5.41, 5.74) is 2.47. The van der Waals surface area contributed by atoms with Gasteiger partial charge in [0.2, 0.25) is 0 Å². The minimum atomic E-state index is 0.202. The number of aliphatic imine (C=N–C) groups is 1. The summed E-state index contributed by atoms with van der Waals surface area (Å²) in [5, 5.41) is 15.4. The molecule has 0 unspecified atom stereocenters. The summed E-state index contributed by atoms with van der Waals surface area (Å²) in [4.78, 5) is 4.58. The summed E-state index contributed by atoms with van der Waals surface area (Å²) in [5.74, 6) is 0.826. The first-order valence-electron chi connectivity index (χ1n) is 7.45. The number of nitrogens with zero attached hydrogens (tertiary/aromatic N) is 1. The molecule has 0 aliphatic heterocycles. The molecule has 3 N–H and O–H groups in total. The molecule has 4 heteroatoms. The molecule has 0 radical (unpaired) electrons. The van der Waals surface area contributed by atoms with E-state index in [-0.39, 0.29) is 6.61 Å². The van der Waals surface area contributed by atoms with Crippen LogP contribution in [0.1, 0.15) is 37.3 Å². The molecule has 0 heterocycles. The third-order valence-electron chi connectivity index (χ3n) is 2.99. The Bertz CT molecular complexity index is 375. The van der Waals surface area contributed by atoms with E-state index in [1.54, 1.807) is 0 Å². The number of hydrogen-bond acceptors (Lipinski definition) is 2. The number of rotatable bonds is 8. The lowest BCUT2D eigenvalue weighted by molar-refractivity contribution is 0.289. The van der Waals surface area contributed by atoms with Gasteiger partial charge in [0.1, 0.15) is 0 Å². The quantitative estimate of drug-likeness (QED) is 0.388. The van der Waals surface area contributed by atoms with Gasteiger partial charge in [0.25, 0.3) is 0 Å². The van der Waals surface area contributed by atoms with E-state index < -0.39 is 0 Å². The standard InChI is InChI=1S/C16H27N3O/c1-3-4-10-17-16(18-11-5-12-20)19-13-15-8-6-14(2)7-9-15/h6-9,20H,3-5,10-13H2,1-2H3,(H2,17,18,19). The maximum atomic E-state index is 8.83. The summed E-state index contributed by atoms with van der Waals surface area (Å²) in [6, 6.07) is 8.43. The maximum Gasteiger partial charge on any atom is 0.191 e. The molecule has 112 valence electrons. The highest BCUT2D eigenvalue weighted by molar-refractivity contribution is 5.79. The summed E-state index contributed by atoms with van der Waals surface area (Å²) in [6.07, 6.45) is 3.03. The van der Waals surface area contributed by atoms with E-state index >= 15 is 0 Å². The van der Waals surface area contributed by atoms with Crippen LogP contribution in [0.2, 0.25) is 0 Å². The maximum absolute atomic E-state index is 8.83. The monoisotopic (exact) mass is 277 g/mol. The molecule has 20 heavy (non-hydrogen) atoms. The Kier molecular flexibility index (Phi) is 8.47. The number of aliphatic hydroxyl groups is 1. The lowest BCUT2D eigenvalue weighted by Gasteiger charge is -2.12. The normalized spacial score (nSPS) is 11.4. The Labute approximate surface area is 122 Å². The van der Waals surface area contributed by atoms with Crippen molar-refractivity contribution in [2.75, 3.05) is 19.7 Å². The van der Waals surface area contributed by atoms with Crippen LogP contribution in [0, 0.1) is 6.92 Å². The smallest absolute Gasteiger partial charge is 0.191 e. The van der Waals surface area contributed by atoms with Crippen molar-refractivity contribution in [2.45, 2.75) is 39.7 Å². The van der Waals surface area contributed by atoms with Gasteiger partial charge in [-0.2, -0.15) is 0 Å². The molecular weight excluding hydrogens is 250 g/mol. The molecule has 1 rings (SSSR count). The summed E-state index contributed by atoms with van der Waals surface area (Å²) < 4.78 is 0. The van der Waals surface area contributed by atoms with E-state index in [0.29, 0.717) is 6.54 Å². The molecule has 0 fully saturated rings. The van der Waals surface area contributed by atoms with Gasteiger partial charge >= 0.3 is 0 Å². The van der Waals surface area contributed by atoms with Crippen molar-refractivity contribution >= 4 is 5.96 Å². The van der Waals surface area contributed by atoms with Crippen LogP contribution in [0.15, 0.2) is 29.3 Å². The zero-order chi connectivity index (χ0) is 14.6. The Balaban J connectivity index is 2.50. The molecule has 1 aromatic rings. The molecule has 0 aliphatic rings. The molecule has 0 bridgehead atoms. The lowest BCUT2D eigenvalue weighted by atomic mass is 10.1. The molecule has 0 aliphatic carbocycles. The summed E-state index contributed by atoms with van der Waals surface area (Å²) >= 11 is 0. The molecule has 0 spiro atoms. The predicted octanol–water partition coefficient (Wildman–Crippen LogP) is 2.21. The van der Waals surface area contributed by atoms with Crippen molar-refractivity contribution < 1.29 is 5.11 Å². The highest BCUT2D eigenvalue weighted by Gasteiger charge is 1.98. The number of aryl methyl sites for hydroxylation is 1. The van der Waals surface area contributed by atoms with Gasteiger partial charge in [-0.15, -0.1) is 0 Å². The molecular formula is C16H27N3O. The Morgan fingerprint density at radius 2 is 1.75 bits per heavy atom. The zero-order valence-electron chi connectivity index (χ0n) is 12.7. The number of guanidine groups is 1. The fourth-order valence-electron chi connectivity index (χ4n) is 1.71. The van der Waals surface area contributed by atoms with Crippen LogP contribution >= 0.6 is 0 Å². The third kappa shape index (κ3) is 7.14. The van der Waals surface area contributed by atoms with Crippen molar-refractivity contribution in [3.63, 3.8) is 0 Å². The first-order valence-corrected chi connectivity index (χ1v) is 7.45. The molecule has 0 atom stereocenters. The van der Waals surface area contributed by atoms with Crippen LogP contribution in [-0.2, 0) is 6.54 Å². The number of nitrogens with one attached hydrogen (secondary N) is 2. The zero-order valence-corrected chi connectivity index (χ0v) is 12.7. The van der Waals surface area contributed by atoms with Crippen LogP contribution in [0.4, 0.5) is 0 Å². The Morgan fingerprint density at radius 3 is 2.35 bits per heavy atom. The van der Waals surface area contributed by atoms with Gasteiger partial charge in [0.15, 0.2) is 5.96 Å². The van der Waals surface area contributed by atoms with Crippen molar-refractivity contribution in [2.24, 2.45) is 4.99 Å². The highest BCUT2D eigenvalue weighted by Crippen LogP contribution is 2.04. The highest BCUT2D eigenvalue weighted by atomic mass is 16.3. The molecule has 0 saturated heterocycles. The number of aliphatic hydroxyl groups excluding tert-OH is 1. The minimum absolute atomic E-state index is 0.202. The SMILES string of the molecule is CCCCNC(=NCc1ccc(C)cc1)NCCCO. The second-order valence-corrected chi connectivity index (χ2v) is 4.93. The first-order chi connectivity index (χ1) is 9.76. The van der Waals surface area contributed by atoms with Crippen LogP contribution in [0.3, 0.4) is 0 Å². The fraction of sp³-hybridized carbons (Fsp3) is 0.562. The second kappa shape index (κ2) is 10.3. The number of hydrogen-bond donors (Lipinski definition) is 3. The number of benzene rings is 1. The molecule has 0 saturated carbocycles. The van der Waals surface area contributed by atoms with Gasteiger partial charge in [-0.3, -0.25) is 0 Å². The van der Waals surface area contributed by atoms with E-state index in [0.717, 1.165) is 38.3 Å². The second-order valence-electron chi connectivity index (χ2n) is 4.93. The van der Waals surface area contributed by atoms with Gasteiger partial charge in [0.05, 0.1) is 6.54 Å². The van der Waals surface area contributed by atoms with Crippen molar-refractivity contribution in [1.82, 2.24) is 10.6 Å². The molecule has 1 aromatic carbocycles. The van der Waals surface area contributed by atoms with Gasteiger partial charge in [0, 0.05) is 19.7 Å². The van der Waals surface area contributed by atoms with E-state index in [2.05, 4.69) is 53.7 Å². The third-order valence-corrected chi connectivity index (χ3v) is 2.99. The van der Waals surface area contributed by atoms with Crippen LogP contribution in [0.25, 0.3) is 0 Å². The molecule has 0 amide bonds. The summed E-state index contributed by atoms with van der Waals surface area (Å²) in [7, 11) is 0. The van der Waals surface area contributed by atoms with Crippen molar-refractivity contribution in [3.8, 4) is 0 Å². The minimum Gasteiger partial charge on any atom is -0.396 e. The Morgan fingerprint density at radius 1 is 1.10 bits per heavy atom. The van der Waals surface area contributed by atoms with E-state index in [1.165, 1.54) is 11.1 Å². The van der Waals surface area contributed by atoms with Gasteiger partial charge in [-0.1, -0.05) is 43.2 Å². The van der Waals surface area contributed by atoms with Gasteiger partial charge < -0.3 is 15.7 Å². The molecule has 4 nitrogen and oxygen atoms in total. The average Bonchev–Trinajstić information content (AvgIpc) is 2.46. The van der Waals surface area contributed by atoms with Crippen LogP contribution in [-0.4, -0.2) is 30.8 Å². The van der Waals surface area contributed by atoms with E-state index in [1.807, 2.05) is 0 Å². The molecule has 0 aromatic heterocycles. The lowest BCUT2D eigenvalue weighted by Crippen LogP contribution is -2.38. The van der Waals surface area contributed by atoms with Crippen molar-refractivity contribution in [1.29, 1.82) is 0 Å². The average molecular weight is 277 g/mol. The summed E-state index contributed by atoms with van der Waals surface area (Å²) in [6.45, 7) is 6.79. The Hall–Kier alpha value is -1.55. The van der Waals surface area contributed by atoms with Crippen LogP contribution < -0.4 is 10.6 Å². The van der Waals surface area contributed by atoms with E-state index in [9.17, 15) is 0 Å². The van der Waals surface area contributed by atoms with Crippen LogP contribution in [0.5, 0.6) is 0 Å². The van der Waals surface area contributed by atoms with Gasteiger partial charge in [-0.25, -0.2) is 4.99 Å².